The summed E-state index contributed by atoms with van der Waals surface area (Å²) in [5.41, 5.74) is 2.74. The van der Waals surface area contributed by atoms with E-state index in [0.29, 0.717) is 47.9 Å². The van der Waals surface area contributed by atoms with Crippen LogP contribution in [0.4, 0.5) is 5.82 Å². The van der Waals surface area contributed by atoms with Crippen LogP contribution in [0.5, 0.6) is 5.75 Å². The van der Waals surface area contributed by atoms with Gasteiger partial charge in [0.2, 0.25) is 0 Å². The highest BCUT2D eigenvalue weighted by Crippen LogP contribution is 2.35. The van der Waals surface area contributed by atoms with Gasteiger partial charge in [0.1, 0.15) is 15.7 Å². The molecule has 4 aromatic rings. The van der Waals surface area contributed by atoms with Gasteiger partial charge in [0.25, 0.3) is 10.0 Å². The maximum atomic E-state index is 13.0. The van der Waals surface area contributed by atoms with E-state index in [9.17, 15) is 13.2 Å². The maximum absolute atomic E-state index is 13.0. The van der Waals surface area contributed by atoms with Gasteiger partial charge in [-0.25, -0.2) is 8.42 Å². The van der Waals surface area contributed by atoms with Gasteiger partial charge in [-0.05, 0) is 41.8 Å². The highest BCUT2D eigenvalue weighted by Gasteiger charge is 2.23. The number of hydrogen-bond donors (Lipinski definition) is 1. The molecule has 8 nitrogen and oxygen atoms in total. The number of methoxy groups -OCH3 is 2. The lowest BCUT2D eigenvalue weighted by molar-refractivity contribution is -0.119. The number of thiophene rings is 1. The van der Waals surface area contributed by atoms with Gasteiger partial charge >= 0.3 is 0 Å². The van der Waals surface area contributed by atoms with Gasteiger partial charge in [0.05, 0.1) is 35.5 Å². The minimum atomic E-state index is -3.89. The van der Waals surface area contributed by atoms with E-state index in [1.807, 2.05) is 36.4 Å². The number of benzene rings is 2. The van der Waals surface area contributed by atoms with E-state index < -0.39 is 10.0 Å². The zero-order valence-electron chi connectivity index (χ0n) is 19.9. The average molecular weight is 548 g/mol. The SMILES string of the molecule is COCCC(=O)CCc1cccc(Cn2nc(NS(=O)(=O)c3ccc(Cl)s3)c3c(OC)cccc32)c1. The number of fused-ring (bicyclic) bond motifs is 1. The normalized spacial score (nSPS) is 11.6. The predicted molar refractivity (Wildman–Crippen MR) is 142 cm³/mol. The third kappa shape index (κ3) is 6.07. The highest BCUT2D eigenvalue weighted by molar-refractivity contribution is 7.94. The van der Waals surface area contributed by atoms with E-state index in [-0.39, 0.29) is 15.8 Å². The lowest BCUT2D eigenvalue weighted by atomic mass is 10.0. The van der Waals surface area contributed by atoms with Crippen LogP contribution in [0, 0.1) is 0 Å². The van der Waals surface area contributed by atoms with Crippen LogP contribution in [0.2, 0.25) is 4.34 Å². The molecule has 2 aromatic carbocycles. The summed E-state index contributed by atoms with van der Waals surface area (Å²) < 4.78 is 41.2. The molecule has 0 fully saturated rings. The predicted octanol–water partition coefficient (Wildman–Crippen LogP) is 5.15. The summed E-state index contributed by atoms with van der Waals surface area (Å²) in [4.78, 5) is 12.0. The Kier molecular flexibility index (Phi) is 8.30. The van der Waals surface area contributed by atoms with Crippen molar-refractivity contribution in [2.75, 3.05) is 25.5 Å². The number of anilines is 1. The van der Waals surface area contributed by atoms with Crippen molar-refractivity contribution in [1.29, 1.82) is 0 Å². The van der Waals surface area contributed by atoms with Crippen molar-refractivity contribution in [2.45, 2.75) is 30.0 Å². The quantitative estimate of drug-likeness (QED) is 0.263. The van der Waals surface area contributed by atoms with Crippen molar-refractivity contribution in [3.63, 3.8) is 0 Å². The largest absolute Gasteiger partial charge is 0.496 e. The Morgan fingerprint density at radius 3 is 2.58 bits per heavy atom. The number of hydrogen-bond acceptors (Lipinski definition) is 7. The summed E-state index contributed by atoms with van der Waals surface area (Å²) in [6.07, 6.45) is 1.50. The molecule has 0 spiro atoms. The number of ketones is 1. The second-order valence-corrected chi connectivity index (χ2v) is 11.8. The fourth-order valence-corrected chi connectivity index (χ4v) is 6.35. The van der Waals surface area contributed by atoms with Crippen LogP contribution in [0.1, 0.15) is 24.0 Å². The van der Waals surface area contributed by atoms with E-state index in [1.165, 1.54) is 19.2 Å². The molecule has 0 aliphatic rings. The first-order valence-electron chi connectivity index (χ1n) is 11.2. The molecule has 0 saturated heterocycles. The summed E-state index contributed by atoms with van der Waals surface area (Å²) in [6, 6.07) is 16.4. The zero-order chi connectivity index (χ0) is 25.7. The Morgan fingerprint density at radius 1 is 1.08 bits per heavy atom. The standard InChI is InChI=1S/C25H26ClN3O5S2/c1-33-14-13-19(30)10-9-17-5-3-6-18(15-17)16-29-20-7-4-8-21(34-2)24(20)25(27-29)28-36(31,32)23-12-11-22(26)35-23/h3-8,11-12,15H,9-10,13-14,16H2,1-2H3,(H,27,28). The van der Waals surface area contributed by atoms with E-state index in [4.69, 9.17) is 21.1 Å². The summed E-state index contributed by atoms with van der Waals surface area (Å²) in [7, 11) is -0.774. The van der Waals surface area contributed by atoms with Crippen molar-refractivity contribution >= 4 is 55.5 Å². The molecule has 2 aromatic heterocycles. The number of halogens is 1. The molecule has 0 aliphatic carbocycles. The molecule has 0 radical (unpaired) electrons. The van der Waals surface area contributed by atoms with E-state index in [0.717, 1.165) is 28.0 Å². The smallest absolute Gasteiger partial charge is 0.272 e. The molecule has 0 saturated carbocycles. The lowest BCUT2D eigenvalue weighted by Crippen LogP contribution is -2.12. The summed E-state index contributed by atoms with van der Waals surface area (Å²) in [5.74, 6) is 0.840. The van der Waals surface area contributed by atoms with Crippen LogP contribution >= 0.6 is 22.9 Å². The minimum Gasteiger partial charge on any atom is -0.496 e. The monoisotopic (exact) mass is 547 g/mol. The number of nitrogens with one attached hydrogen (secondary N) is 1. The Labute approximate surface area is 218 Å². The number of ether oxygens (including phenoxy) is 2. The highest BCUT2D eigenvalue weighted by atomic mass is 35.5. The van der Waals surface area contributed by atoms with Crippen molar-refractivity contribution in [2.24, 2.45) is 0 Å². The Morgan fingerprint density at radius 2 is 1.86 bits per heavy atom. The number of sulfonamides is 1. The molecule has 11 heteroatoms. The van der Waals surface area contributed by atoms with E-state index in [2.05, 4.69) is 9.82 Å². The van der Waals surface area contributed by atoms with Crippen LogP contribution in [0.15, 0.2) is 58.8 Å². The molecule has 2 heterocycles. The van der Waals surface area contributed by atoms with Crippen molar-refractivity contribution in [3.05, 3.63) is 70.1 Å². The average Bonchev–Trinajstić information content (AvgIpc) is 3.45. The number of carbonyl (C=O) groups is 1. The first kappa shape index (κ1) is 26.2. The van der Waals surface area contributed by atoms with Crippen molar-refractivity contribution in [1.82, 2.24) is 9.78 Å². The molecule has 190 valence electrons. The van der Waals surface area contributed by atoms with Crippen LogP contribution in [0.3, 0.4) is 0 Å². The summed E-state index contributed by atoms with van der Waals surface area (Å²) in [5, 5.41) is 5.16. The maximum Gasteiger partial charge on any atom is 0.272 e. The van der Waals surface area contributed by atoms with Gasteiger partial charge in [0.15, 0.2) is 5.82 Å². The second-order valence-electron chi connectivity index (χ2n) is 8.13. The number of nitrogens with zero attached hydrogens (tertiary/aromatic N) is 2. The van der Waals surface area contributed by atoms with E-state index in [1.54, 1.807) is 17.9 Å². The molecular weight excluding hydrogens is 522 g/mol. The fraction of sp³-hybridized carbons (Fsp3) is 0.280. The number of rotatable bonds is 12. The Hall–Kier alpha value is -2.92. The first-order valence-corrected chi connectivity index (χ1v) is 13.9. The molecule has 36 heavy (non-hydrogen) atoms. The Bertz CT molecular complexity index is 1480. The first-order chi connectivity index (χ1) is 17.3. The number of carbonyl (C=O) groups excluding carboxylic acids is 1. The van der Waals surface area contributed by atoms with E-state index >= 15 is 0 Å². The molecule has 0 amide bonds. The van der Waals surface area contributed by atoms with Crippen molar-refractivity contribution < 1.29 is 22.7 Å². The third-order valence-electron chi connectivity index (χ3n) is 5.61. The topological polar surface area (TPSA) is 99.5 Å². The lowest BCUT2D eigenvalue weighted by Gasteiger charge is -2.07. The van der Waals surface area contributed by atoms with Crippen molar-refractivity contribution in [3.8, 4) is 5.75 Å². The number of aromatic nitrogens is 2. The minimum absolute atomic E-state index is 0.0952. The molecule has 0 bridgehead atoms. The van der Waals surface area contributed by atoms with Crippen LogP contribution in [-0.2, 0) is 32.5 Å². The number of aryl methyl sites for hydroxylation is 1. The van der Waals surface area contributed by atoms with Gasteiger partial charge in [-0.2, -0.15) is 5.10 Å². The Balaban J connectivity index is 1.62. The molecule has 4 rings (SSSR count). The second kappa shape index (κ2) is 11.4. The van der Waals surface area contributed by atoms with Gasteiger partial charge in [-0.3, -0.25) is 14.2 Å². The molecule has 0 atom stereocenters. The van der Waals surface area contributed by atoms with Gasteiger partial charge in [-0.15, -0.1) is 11.3 Å². The third-order valence-corrected chi connectivity index (χ3v) is 8.67. The zero-order valence-corrected chi connectivity index (χ0v) is 22.3. The molecule has 0 aliphatic heterocycles. The van der Waals surface area contributed by atoms with Crippen LogP contribution in [-0.4, -0.2) is 44.8 Å². The van der Waals surface area contributed by atoms with Gasteiger partial charge in [0, 0.05) is 20.0 Å². The van der Waals surface area contributed by atoms with Crippen LogP contribution < -0.4 is 9.46 Å². The molecule has 0 unspecified atom stereocenters. The van der Waals surface area contributed by atoms with Gasteiger partial charge < -0.3 is 9.47 Å². The van der Waals surface area contributed by atoms with Crippen LogP contribution in [0.25, 0.3) is 10.9 Å². The fourth-order valence-electron chi connectivity index (χ4n) is 3.86. The van der Waals surface area contributed by atoms with Gasteiger partial charge in [-0.1, -0.05) is 41.9 Å². The molecule has 1 N–H and O–H groups in total. The summed E-state index contributed by atoms with van der Waals surface area (Å²) >= 11 is 6.91. The molecular formula is C25H26ClN3O5S2. The summed E-state index contributed by atoms with van der Waals surface area (Å²) in [6.45, 7) is 0.835. The number of Topliss-reactive ketones (excluding diaryl/α,β-unsaturated/α-hetero) is 1.